The maximum absolute atomic E-state index is 11.4. The molecule has 0 aromatic heterocycles. The zero-order valence-corrected chi connectivity index (χ0v) is 10.0. The molecule has 2 N–H and O–H groups in total. The average molecular weight is 212 g/mol. The molecule has 0 atom stereocenters. The van der Waals surface area contributed by atoms with Gasteiger partial charge in [-0.05, 0) is 12.3 Å². The minimum Gasteiger partial charge on any atom is -0.356 e. The molecule has 88 valence electrons. The Morgan fingerprint density at radius 1 is 1.33 bits per heavy atom. The number of hydrogen-bond acceptors (Lipinski definition) is 2. The molecule has 0 radical (unpaired) electrons. The lowest BCUT2D eigenvalue weighted by molar-refractivity contribution is -0.121. The van der Waals surface area contributed by atoms with E-state index in [4.69, 9.17) is 0 Å². The fourth-order valence-corrected chi connectivity index (χ4v) is 1.76. The first-order chi connectivity index (χ1) is 7.18. The molecule has 0 unspecified atom stereocenters. The molecular formula is C12H24N2O. The smallest absolute Gasteiger partial charge is 0.221 e. The molecule has 1 aliphatic rings. The van der Waals surface area contributed by atoms with Crippen LogP contribution in [0.15, 0.2) is 0 Å². The van der Waals surface area contributed by atoms with Crippen LogP contribution < -0.4 is 10.6 Å². The van der Waals surface area contributed by atoms with E-state index in [9.17, 15) is 4.79 Å². The van der Waals surface area contributed by atoms with Gasteiger partial charge in [-0.25, -0.2) is 0 Å². The second-order valence-electron chi connectivity index (χ2n) is 4.79. The molecule has 3 nitrogen and oxygen atoms in total. The van der Waals surface area contributed by atoms with Crippen molar-refractivity contribution in [2.75, 3.05) is 13.1 Å². The molecule has 0 bridgehead atoms. The number of rotatable bonds is 7. The van der Waals surface area contributed by atoms with Crippen LogP contribution in [0.4, 0.5) is 0 Å². The Kier molecular flexibility index (Phi) is 5.69. The van der Waals surface area contributed by atoms with E-state index in [-0.39, 0.29) is 5.91 Å². The second-order valence-corrected chi connectivity index (χ2v) is 4.79. The Morgan fingerprint density at radius 2 is 2.07 bits per heavy atom. The van der Waals surface area contributed by atoms with Gasteiger partial charge in [0.05, 0.1) is 0 Å². The number of nitrogens with one attached hydrogen (secondary N) is 2. The Balaban J connectivity index is 1.88. The number of carbonyl (C=O) groups is 1. The Labute approximate surface area is 93.0 Å². The predicted octanol–water partition coefficient (Wildman–Crippen LogP) is 1.68. The molecule has 1 rings (SSSR count). The summed E-state index contributed by atoms with van der Waals surface area (Å²) in [6.45, 7) is 5.83. The summed E-state index contributed by atoms with van der Waals surface area (Å²) in [6, 6.07) is 0.466. The largest absolute Gasteiger partial charge is 0.356 e. The fourth-order valence-electron chi connectivity index (χ4n) is 1.76. The quantitative estimate of drug-likeness (QED) is 0.674. The van der Waals surface area contributed by atoms with Gasteiger partial charge in [-0.1, -0.05) is 33.1 Å². The molecule has 3 heteroatoms. The third-order valence-corrected chi connectivity index (χ3v) is 3.00. The van der Waals surface area contributed by atoms with Crippen LogP contribution in [0.2, 0.25) is 0 Å². The topological polar surface area (TPSA) is 41.1 Å². The fraction of sp³-hybridized carbons (Fsp3) is 0.917. The van der Waals surface area contributed by atoms with Gasteiger partial charge in [0.15, 0.2) is 0 Å². The minimum atomic E-state index is 0.183. The Bertz CT molecular complexity index is 188. The number of amides is 1. The first-order valence-electron chi connectivity index (χ1n) is 6.18. The van der Waals surface area contributed by atoms with Gasteiger partial charge in [0.1, 0.15) is 0 Å². The summed E-state index contributed by atoms with van der Waals surface area (Å²) in [6.07, 6.45) is 5.89. The van der Waals surface area contributed by atoms with E-state index in [1.165, 1.54) is 25.7 Å². The zero-order chi connectivity index (χ0) is 11.1. The molecule has 1 fully saturated rings. The Morgan fingerprint density at radius 3 is 2.60 bits per heavy atom. The highest BCUT2D eigenvalue weighted by atomic mass is 16.1. The van der Waals surface area contributed by atoms with Gasteiger partial charge in [-0.2, -0.15) is 0 Å². The third-order valence-electron chi connectivity index (χ3n) is 3.00. The molecule has 1 saturated carbocycles. The molecule has 1 amide bonds. The van der Waals surface area contributed by atoms with Crippen molar-refractivity contribution in [1.29, 1.82) is 0 Å². The highest BCUT2D eigenvalue weighted by molar-refractivity contribution is 5.75. The van der Waals surface area contributed by atoms with Crippen LogP contribution in [0.1, 0.15) is 46.0 Å². The van der Waals surface area contributed by atoms with Gasteiger partial charge in [0.2, 0.25) is 5.91 Å². The van der Waals surface area contributed by atoms with Crippen molar-refractivity contribution in [1.82, 2.24) is 10.6 Å². The summed E-state index contributed by atoms with van der Waals surface area (Å²) in [5, 5.41) is 6.21. The van der Waals surface area contributed by atoms with E-state index in [2.05, 4.69) is 24.5 Å². The number of carbonyl (C=O) groups excluding carboxylic acids is 1. The van der Waals surface area contributed by atoms with Crippen LogP contribution >= 0.6 is 0 Å². The summed E-state index contributed by atoms with van der Waals surface area (Å²) < 4.78 is 0. The van der Waals surface area contributed by atoms with Gasteiger partial charge in [0.25, 0.3) is 0 Å². The third kappa shape index (κ3) is 5.78. The summed E-state index contributed by atoms with van der Waals surface area (Å²) in [5.74, 6) is 1.07. The standard InChI is InChI=1S/C12H24N2O/c1-10(2)13-9-7-12(15)14-8-6-11-4-3-5-11/h10-11,13H,3-9H2,1-2H3,(H,14,15). The van der Waals surface area contributed by atoms with Crippen LogP contribution in [0.3, 0.4) is 0 Å². The molecule has 0 aliphatic heterocycles. The highest BCUT2D eigenvalue weighted by Crippen LogP contribution is 2.28. The van der Waals surface area contributed by atoms with E-state index in [1.807, 2.05) is 0 Å². The molecule has 15 heavy (non-hydrogen) atoms. The first kappa shape index (κ1) is 12.5. The van der Waals surface area contributed by atoms with Crippen LogP contribution in [-0.4, -0.2) is 25.0 Å². The Hall–Kier alpha value is -0.570. The lowest BCUT2D eigenvalue weighted by atomic mass is 9.83. The molecule has 0 aromatic carbocycles. The summed E-state index contributed by atoms with van der Waals surface area (Å²) in [4.78, 5) is 11.4. The maximum atomic E-state index is 11.4. The van der Waals surface area contributed by atoms with Gasteiger partial charge in [-0.3, -0.25) is 4.79 Å². The van der Waals surface area contributed by atoms with Crippen molar-refractivity contribution in [2.45, 2.75) is 52.0 Å². The highest BCUT2D eigenvalue weighted by Gasteiger charge is 2.16. The maximum Gasteiger partial charge on any atom is 0.221 e. The molecular weight excluding hydrogens is 188 g/mol. The van der Waals surface area contributed by atoms with Crippen molar-refractivity contribution in [3.63, 3.8) is 0 Å². The van der Waals surface area contributed by atoms with E-state index in [0.29, 0.717) is 12.5 Å². The van der Waals surface area contributed by atoms with Crippen molar-refractivity contribution in [2.24, 2.45) is 5.92 Å². The SMILES string of the molecule is CC(C)NCCC(=O)NCCC1CCC1. The first-order valence-corrected chi connectivity index (χ1v) is 6.18. The molecule has 0 saturated heterocycles. The van der Waals surface area contributed by atoms with E-state index in [1.54, 1.807) is 0 Å². The lowest BCUT2D eigenvalue weighted by Crippen LogP contribution is -2.32. The lowest BCUT2D eigenvalue weighted by Gasteiger charge is -2.25. The van der Waals surface area contributed by atoms with Crippen LogP contribution in [-0.2, 0) is 4.79 Å². The molecule has 1 aliphatic carbocycles. The second kappa shape index (κ2) is 6.83. The minimum absolute atomic E-state index is 0.183. The van der Waals surface area contributed by atoms with Crippen molar-refractivity contribution >= 4 is 5.91 Å². The normalized spacial score (nSPS) is 16.5. The number of hydrogen-bond donors (Lipinski definition) is 2. The van der Waals surface area contributed by atoms with Gasteiger partial charge < -0.3 is 10.6 Å². The molecule has 0 heterocycles. The molecule has 0 aromatic rings. The summed E-state index contributed by atoms with van der Waals surface area (Å²) in [5.41, 5.74) is 0. The van der Waals surface area contributed by atoms with E-state index < -0.39 is 0 Å². The summed E-state index contributed by atoms with van der Waals surface area (Å²) in [7, 11) is 0. The summed E-state index contributed by atoms with van der Waals surface area (Å²) >= 11 is 0. The van der Waals surface area contributed by atoms with E-state index in [0.717, 1.165) is 19.0 Å². The van der Waals surface area contributed by atoms with Gasteiger partial charge >= 0.3 is 0 Å². The average Bonchev–Trinajstić information content (AvgIpc) is 2.08. The van der Waals surface area contributed by atoms with Crippen molar-refractivity contribution in [3.05, 3.63) is 0 Å². The van der Waals surface area contributed by atoms with Crippen LogP contribution in [0.25, 0.3) is 0 Å². The van der Waals surface area contributed by atoms with E-state index >= 15 is 0 Å². The zero-order valence-electron chi connectivity index (χ0n) is 10.0. The predicted molar refractivity (Wildman–Crippen MR) is 62.7 cm³/mol. The van der Waals surface area contributed by atoms with Gasteiger partial charge in [-0.15, -0.1) is 0 Å². The van der Waals surface area contributed by atoms with Crippen LogP contribution in [0.5, 0.6) is 0 Å². The molecule has 0 spiro atoms. The monoisotopic (exact) mass is 212 g/mol. The van der Waals surface area contributed by atoms with Gasteiger partial charge in [0, 0.05) is 25.6 Å². The van der Waals surface area contributed by atoms with Crippen LogP contribution in [0, 0.1) is 5.92 Å². The van der Waals surface area contributed by atoms with Crippen molar-refractivity contribution < 1.29 is 4.79 Å². The van der Waals surface area contributed by atoms with Crippen molar-refractivity contribution in [3.8, 4) is 0 Å².